The molecule has 2 N–H and O–H groups in total. The van der Waals surface area contributed by atoms with Gasteiger partial charge in [0.25, 0.3) is 0 Å². The zero-order valence-electron chi connectivity index (χ0n) is 13.3. The molecule has 1 amide bonds. The lowest BCUT2D eigenvalue weighted by Gasteiger charge is -2.10. The minimum Gasteiger partial charge on any atom is -0.497 e. The van der Waals surface area contributed by atoms with E-state index in [1.807, 2.05) is 31.1 Å². The number of likely N-dealkylation sites (N-methyl/N-ethyl adjacent to an activating group) is 1. The molecule has 0 aliphatic rings. The molecule has 5 nitrogen and oxygen atoms in total. The number of carbonyl (C=O) groups excluding carboxylic acids is 1. The molecule has 5 heteroatoms. The average molecular weight is 293 g/mol. The van der Waals surface area contributed by atoms with Gasteiger partial charge in [0.2, 0.25) is 5.91 Å². The van der Waals surface area contributed by atoms with Crippen LogP contribution in [-0.4, -0.2) is 58.2 Å². The first kappa shape index (κ1) is 17.5. The molecule has 0 fully saturated rings. The lowest BCUT2D eigenvalue weighted by atomic mass is 10.1. The Morgan fingerprint density at radius 2 is 1.86 bits per heavy atom. The van der Waals surface area contributed by atoms with Crippen LogP contribution in [0.15, 0.2) is 24.3 Å². The Balaban J connectivity index is 2.04. The van der Waals surface area contributed by atoms with Crippen molar-refractivity contribution in [3.8, 4) is 5.75 Å². The third kappa shape index (κ3) is 8.32. The summed E-state index contributed by atoms with van der Waals surface area (Å²) in [5.74, 6) is 0.981. The highest BCUT2D eigenvalue weighted by Crippen LogP contribution is 2.11. The summed E-state index contributed by atoms with van der Waals surface area (Å²) in [6.45, 7) is 3.16. The van der Waals surface area contributed by atoms with Crippen molar-refractivity contribution in [3.05, 3.63) is 29.8 Å². The molecule has 1 rings (SSSR count). The number of nitrogens with one attached hydrogen (secondary N) is 2. The zero-order chi connectivity index (χ0) is 15.5. The fraction of sp³-hybridized carbons (Fsp3) is 0.562. The second-order valence-electron chi connectivity index (χ2n) is 5.25. The average Bonchev–Trinajstić information content (AvgIpc) is 2.47. The normalized spacial score (nSPS) is 10.7. The Morgan fingerprint density at radius 3 is 2.48 bits per heavy atom. The summed E-state index contributed by atoms with van der Waals surface area (Å²) in [7, 11) is 5.65. The lowest BCUT2D eigenvalue weighted by molar-refractivity contribution is -0.121. The van der Waals surface area contributed by atoms with Gasteiger partial charge in [-0.3, -0.25) is 4.79 Å². The molecule has 0 aliphatic heterocycles. The maximum Gasteiger partial charge on any atom is 0.221 e. The Hall–Kier alpha value is -1.59. The molecule has 0 aromatic heterocycles. The topological polar surface area (TPSA) is 53.6 Å². The molecule has 1 aromatic rings. The van der Waals surface area contributed by atoms with E-state index in [0.29, 0.717) is 19.5 Å². The highest BCUT2D eigenvalue weighted by atomic mass is 16.5. The zero-order valence-corrected chi connectivity index (χ0v) is 13.3. The number of nitrogens with zero attached hydrogens (tertiary/aromatic N) is 1. The monoisotopic (exact) mass is 293 g/mol. The van der Waals surface area contributed by atoms with Crippen LogP contribution in [0.5, 0.6) is 5.75 Å². The Bertz CT molecular complexity index is 404. The van der Waals surface area contributed by atoms with E-state index >= 15 is 0 Å². The van der Waals surface area contributed by atoms with Crippen molar-refractivity contribution in [1.82, 2.24) is 15.5 Å². The van der Waals surface area contributed by atoms with Crippen molar-refractivity contribution in [2.24, 2.45) is 0 Å². The fourth-order valence-electron chi connectivity index (χ4n) is 1.86. The van der Waals surface area contributed by atoms with Crippen LogP contribution in [0.4, 0.5) is 0 Å². The molecule has 1 aromatic carbocycles. The largest absolute Gasteiger partial charge is 0.497 e. The van der Waals surface area contributed by atoms with Gasteiger partial charge < -0.3 is 20.3 Å². The van der Waals surface area contributed by atoms with Crippen molar-refractivity contribution < 1.29 is 9.53 Å². The number of hydrogen-bond donors (Lipinski definition) is 2. The van der Waals surface area contributed by atoms with Crippen LogP contribution in [-0.2, 0) is 11.2 Å². The summed E-state index contributed by atoms with van der Waals surface area (Å²) in [4.78, 5) is 13.6. The second-order valence-corrected chi connectivity index (χ2v) is 5.25. The fourth-order valence-corrected chi connectivity index (χ4v) is 1.86. The van der Waals surface area contributed by atoms with Crippen LogP contribution in [0.3, 0.4) is 0 Å². The molecular formula is C16H27N3O2. The molecule has 0 radical (unpaired) electrons. The van der Waals surface area contributed by atoms with Crippen LogP contribution < -0.4 is 15.4 Å². The van der Waals surface area contributed by atoms with E-state index in [-0.39, 0.29) is 5.91 Å². The third-order valence-corrected chi connectivity index (χ3v) is 3.16. The summed E-state index contributed by atoms with van der Waals surface area (Å²) in [6, 6.07) is 8.06. The molecule has 0 spiro atoms. The van der Waals surface area contributed by atoms with Crippen LogP contribution in [0.1, 0.15) is 12.0 Å². The molecule has 0 saturated heterocycles. The molecular weight excluding hydrogens is 266 g/mol. The van der Waals surface area contributed by atoms with Crippen molar-refractivity contribution in [2.75, 3.05) is 47.4 Å². The molecule has 118 valence electrons. The van der Waals surface area contributed by atoms with E-state index in [1.54, 1.807) is 7.11 Å². The number of benzene rings is 1. The smallest absolute Gasteiger partial charge is 0.221 e. The maximum atomic E-state index is 11.5. The maximum absolute atomic E-state index is 11.5. The van der Waals surface area contributed by atoms with E-state index in [9.17, 15) is 4.79 Å². The SMILES string of the molecule is COc1ccc(CCNCCC(=O)NCCN(C)C)cc1. The molecule has 0 atom stereocenters. The van der Waals surface area contributed by atoms with Gasteiger partial charge in [0, 0.05) is 26.1 Å². The van der Waals surface area contributed by atoms with Crippen LogP contribution in [0, 0.1) is 0 Å². The standard InChI is InChI=1S/C16H27N3O2/c1-19(2)13-12-18-16(20)9-11-17-10-8-14-4-6-15(21-3)7-5-14/h4-7,17H,8-13H2,1-3H3,(H,18,20). The number of methoxy groups -OCH3 is 1. The number of rotatable bonds is 10. The van der Waals surface area contributed by atoms with Crippen LogP contribution >= 0.6 is 0 Å². The third-order valence-electron chi connectivity index (χ3n) is 3.16. The van der Waals surface area contributed by atoms with Gasteiger partial charge in [0.15, 0.2) is 0 Å². The first-order valence-electron chi connectivity index (χ1n) is 7.37. The first-order chi connectivity index (χ1) is 10.1. The second kappa shape index (κ2) is 10.2. The van der Waals surface area contributed by atoms with Gasteiger partial charge in [-0.2, -0.15) is 0 Å². The molecule has 0 aliphatic carbocycles. The van der Waals surface area contributed by atoms with Gasteiger partial charge in [-0.1, -0.05) is 12.1 Å². The quantitative estimate of drug-likeness (QED) is 0.629. The molecule has 0 saturated carbocycles. The molecule has 0 bridgehead atoms. The van der Waals surface area contributed by atoms with Gasteiger partial charge in [0.05, 0.1) is 7.11 Å². The van der Waals surface area contributed by atoms with Gasteiger partial charge in [-0.05, 0) is 44.8 Å². The van der Waals surface area contributed by atoms with Crippen LogP contribution in [0.2, 0.25) is 0 Å². The van der Waals surface area contributed by atoms with Crippen molar-refractivity contribution in [1.29, 1.82) is 0 Å². The van der Waals surface area contributed by atoms with Gasteiger partial charge in [-0.15, -0.1) is 0 Å². The van der Waals surface area contributed by atoms with Gasteiger partial charge in [-0.25, -0.2) is 0 Å². The Morgan fingerprint density at radius 1 is 1.14 bits per heavy atom. The molecule has 0 heterocycles. The first-order valence-corrected chi connectivity index (χ1v) is 7.37. The summed E-state index contributed by atoms with van der Waals surface area (Å²) >= 11 is 0. The highest BCUT2D eigenvalue weighted by molar-refractivity contribution is 5.76. The number of ether oxygens (including phenoxy) is 1. The summed E-state index contributed by atoms with van der Waals surface area (Å²) in [6.07, 6.45) is 1.47. The Kier molecular flexibility index (Phi) is 8.47. The summed E-state index contributed by atoms with van der Waals surface area (Å²) in [5.41, 5.74) is 1.26. The van der Waals surface area contributed by atoms with E-state index < -0.39 is 0 Å². The van der Waals surface area contributed by atoms with E-state index in [4.69, 9.17) is 4.74 Å². The molecule has 0 unspecified atom stereocenters. The van der Waals surface area contributed by atoms with Gasteiger partial charge in [0.1, 0.15) is 5.75 Å². The van der Waals surface area contributed by atoms with Crippen molar-refractivity contribution in [2.45, 2.75) is 12.8 Å². The molecule has 21 heavy (non-hydrogen) atoms. The highest BCUT2D eigenvalue weighted by Gasteiger charge is 2.00. The predicted octanol–water partition coefficient (Wildman–Crippen LogP) is 0.895. The van der Waals surface area contributed by atoms with E-state index in [1.165, 1.54) is 5.56 Å². The minimum atomic E-state index is 0.105. The number of hydrogen-bond acceptors (Lipinski definition) is 4. The Labute approximate surface area is 127 Å². The number of amides is 1. The van der Waals surface area contributed by atoms with E-state index in [2.05, 4.69) is 22.8 Å². The van der Waals surface area contributed by atoms with Crippen molar-refractivity contribution >= 4 is 5.91 Å². The number of carbonyl (C=O) groups is 1. The lowest BCUT2D eigenvalue weighted by Crippen LogP contribution is -2.33. The van der Waals surface area contributed by atoms with Gasteiger partial charge >= 0.3 is 0 Å². The minimum absolute atomic E-state index is 0.105. The van der Waals surface area contributed by atoms with E-state index in [0.717, 1.165) is 25.3 Å². The summed E-state index contributed by atoms with van der Waals surface area (Å²) in [5, 5.41) is 6.19. The van der Waals surface area contributed by atoms with Crippen LogP contribution in [0.25, 0.3) is 0 Å². The summed E-state index contributed by atoms with van der Waals surface area (Å²) < 4.78 is 5.12. The van der Waals surface area contributed by atoms with Crippen molar-refractivity contribution in [3.63, 3.8) is 0 Å². The predicted molar refractivity (Wildman–Crippen MR) is 85.7 cm³/mol.